The Morgan fingerprint density at radius 3 is 2.79 bits per heavy atom. The highest BCUT2D eigenvalue weighted by Crippen LogP contribution is 2.32. The molecule has 0 aromatic carbocycles. The monoisotopic (exact) mass is 534 g/mol. The molecule has 0 saturated carbocycles. The average Bonchev–Trinajstić information content (AvgIpc) is 3.45. The number of carbonyl (C=O) groups is 3. The van der Waals surface area contributed by atoms with E-state index in [4.69, 9.17) is 22.2 Å². The molecule has 1 saturated heterocycles. The highest BCUT2D eigenvalue weighted by atomic mass is 35.5. The number of alkyl halides is 1. The summed E-state index contributed by atoms with van der Waals surface area (Å²) < 4.78 is 25.3. The number of sulfone groups is 1. The number of carbonyl (C=O) groups excluding carboxylic acids is 2. The van der Waals surface area contributed by atoms with Gasteiger partial charge in [-0.05, 0) is 6.42 Å². The molecular formula is C18H23ClN6O7S2. The number of aromatic nitrogens is 1. The highest BCUT2D eigenvalue weighted by molar-refractivity contribution is 7.95. The number of thiazole rings is 1. The van der Waals surface area contributed by atoms with Crippen molar-refractivity contribution >= 4 is 61.4 Å². The number of rotatable bonds is 11. The SMILES string of the molecule is CCCCS(=O)(=O)C1=C(C(=O)O)N2C(=O)[C@@H](NC(=O)/C(=N/OCCCl)c3csc(N)n3)CN2C1. The van der Waals surface area contributed by atoms with Gasteiger partial charge in [-0.3, -0.25) is 9.59 Å². The summed E-state index contributed by atoms with van der Waals surface area (Å²) >= 11 is 6.63. The first-order valence-electron chi connectivity index (χ1n) is 10.2. The first-order valence-corrected chi connectivity index (χ1v) is 13.2. The summed E-state index contributed by atoms with van der Waals surface area (Å²) in [5.41, 5.74) is 4.88. The number of amides is 2. The van der Waals surface area contributed by atoms with E-state index >= 15 is 0 Å². The molecular weight excluding hydrogens is 512 g/mol. The van der Waals surface area contributed by atoms with E-state index in [1.54, 1.807) is 0 Å². The zero-order valence-corrected chi connectivity index (χ0v) is 20.5. The number of nitrogen functional groups attached to an aromatic ring is 1. The van der Waals surface area contributed by atoms with Crippen molar-refractivity contribution in [1.82, 2.24) is 20.3 Å². The zero-order chi connectivity index (χ0) is 25.0. The van der Waals surface area contributed by atoms with Crippen LogP contribution in [0.5, 0.6) is 0 Å². The van der Waals surface area contributed by atoms with Gasteiger partial charge in [0, 0.05) is 11.9 Å². The number of nitrogens with zero attached hydrogens (tertiary/aromatic N) is 4. The number of hydrogen-bond donors (Lipinski definition) is 3. The summed E-state index contributed by atoms with van der Waals surface area (Å²) in [6, 6.07) is -1.16. The molecule has 1 aromatic rings. The second-order valence-electron chi connectivity index (χ2n) is 7.31. The number of halogens is 1. The molecule has 3 heterocycles. The van der Waals surface area contributed by atoms with Crippen LogP contribution in [0, 0.1) is 0 Å². The maximum atomic E-state index is 13.0. The van der Waals surface area contributed by atoms with Crippen LogP contribution in [0.15, 0.2) is 21.1 Å². The lowest BCUT2D eigenvalue weighted by Crippen LogP contribution is -2.46. The number of anilines is 1. The summed E-state index contributed by atoms with van der Waals surface area (Å²) in [4.78, 5) is 46.4. The van der Waals surface area contributed by atoms with Crippen LogP contribution in [0.4, 0.5) is 5.13 Å². The van der Waals surface area contributed by atoms with Gasteiger partial charge in [0.05, 0.1) is 23.1 Å². The standard InChI is InChI=1S/C18H23ClN6O7S2/c1-2-3-6-34(30,31)12-8-24-7-10(16(27)25(24)14(12)17(28)29)21-15(26)13(23-32-5-4-19)11-9-33-18(20)22-11/h9-10H,2-8H2,1H3,(H2,20,22)(H,21,26)(H,28,29)/b23-13+/t10-/m0/s1. The predicted molar refractivity (Wildman–Crippen MR) is 123 cm³/mol. The van der Waals surface area contributed by atoms with E-state index in [2.05, 4.69) is 15.5 Å². The van der Waals surface area contributed by atoms with E-state index in [0.29, 0.717) is 12.8 Å². The third-order valence-electron chi connectivity index (χ3n) is 4.94. The number of nitrogens with two attached hydrogens (primary N) is 1. The Kier molecular flexibility index (Phi) is 8.12. The van der Waals surface area contributed by atoms with Gasteiger partial charge in [0.2, 0.25) is 0 Å². The number of aliphatic carboxylic acids is 1. The van der Waals surface area contributed by atoms with Crippen LogP contribution in [0.1, 0.15) is 25.5 Å². The van der Waals surface area contributed by atoms with Gasteiger partial charge in [0.15, 0.2) is 26.4 Å². The molecule has 1 fully saturated rings. The van der Waals surface area contributed by atoms with Crippen molar-refractivity contribution in [3.63, 3.8) is 0 Å². The predicted octanol–water partition coefficient (Wildman–Crippen LogP) is -0.246. The smallest absolute Gasteiger partial charge is 0.355 e. The minimum absolute atomic E-state index is 0.0178. The van der Waals surface area contributed by atoms with Crippen LogP contribution in [0.2, 0.25) is 0 Å². The summed E-state index contributed by atoms with van der Waals surface area (Å²) in [6.45, 7) is 1.41. The van der Waals surface area contributed by atoms with Crippen molar-refractivity contribution in [2.24, 2.45) is 5.16 Å². The van der Waals surface area contributed by atoms with Crippen LogP contribution in [0.25, 0.3) is 0 Å². The maximum Gasteiger partial charge on any atom is 0.355 e. The maximum absolute atomic E-state index is 13.0. The topological polar surface area (TPSA) is 185 Å². The first kappa shape index (κ1) is 25.9. The van der Waals surface area contributed by atoms with Crippen LogP contribution < -0.4 is 11.1 Å². The van der Waals surface area contributed by atoms with Crippen molar-refractivity contribution in [3.8, 4) is 0 Å². The fraction of sp³-hybridized carbons (Fsp3) is 0.500. The lowest BCUT2D eigenvalue weighted by Gasteiger charge is -2.18. The molecule has 0 spiro atoms. The Bertz CT molecular complexity index is 1150. The minimum atomic E-state index is -3.87. The number of oxime groups is 1. The Morgan fingerprint density at radius 2 is 2.21 bits per heavy atom. The molecule has 3 rings (SSSR count). The number of unbranched alkanes of at least 4 members (excludes halogenated alkanes) is 1. The van der Waals surface area contributed by atoms with Gasteiger partial charge in [-0.1, -0.05) is 18.5 Å². The molecule has 1 aromatic heterocycles. The van der Waals surface area contributed by atoms with E-state index in [1.807, 2.05) is 6.92 Å². The summed E-state index contributed by atoms with van der Waals surface area (Å²) in [6.07, 6.45) is 0.971. The Hall–Kier alpha value is -2.75. The van der Waals surface area contributed by atoms with Crippen LogP contribution in [-0.2, 0) is 29.1 Å². The van der Waals surface area contributed by atoms with Crippen molar-refractivity contribution in [1.29, 1.82) is 0 Å². The largest absolute Gasteiger partial charge is 0.476 e. The average molecular weight is 535 g/mol. The van der Waals surface area contributed by atoms with Gasteiger partial charge >= 0.3 is 5.97 Å². The molecule has 2 aliphatic rings. The second kappa shape index (κ2) is 10.7. The molecule has 0 bridgehead atoms. The van der Waals surface area contributed by atoms with Gasteiger partial charge in [-0.15, -0.1) is 22.9 Å². The molecule has 2 amide bonds. The van der Waals surface area contributed by atoms with Crippen LogP contribution in [0.3, 0.4) is 0 Å². The Balaban J connectivity index is 1.83. The van der Waals surface area contributed by atoms with Gasteiger partial charge in [0.1, 0.15) is 18.3 Å². The molecule has 1 atom stereocenters. The summed E-state index contributed by atoms with van der Waals surface area (Å²) in [5.74, 6) is -3.24. The Morgan fingerprint density at radius 1 is 1.47 bits per heavy atom. The van der Waals surface area contributed by atoms with E-state index < -0.39 is 39.4 Å². The molecule has 16 heteroatoms. The van der Waals surface area contributed by atoms with Gasteiger partial charge in [-0.25, -0.2) is 28.2 Å². The molecule has 4 N–H and O–H groups in total. The molecule has 186 valence electrons. The normalized spacial score (nSPS) is 19.0. The second-order valence-corrected chi connectivity index (χ2v) is 10.7. The number of fused-ring (bicyclic) bond motifs is 1. The van der Waals surface area contributed by atoms with E-state index in [0.717, 1.165) is 16.3 Å². The number of carboxylic acids is 1. The van der Waals surface area contributed by atoms with E-state index in [1.165, 1.54) is 10.4 Å². The molecule has 0 unspecified atom stereocenters. The van der Waals surface area contributed by atoms with Crippen LogP contribution >= 0.6 is 22.9 Å². The van der Waals surface area contributed by atoms with Gasteiger partial charge < -0.3 is 21.0 Å². The van der Waals surface area contributed by atoms with Crippen molar-refractivity contribution in [2.45, 2.75) is 25.8 Å². The number of carboxylic acid groups (broad SMARTS) is 1. The third-order valence-corrected chi connectivity index (χ3v) is 7.67. The lowest BCUT2D eigenvalue weighted by molar-refractivity contribution is -0.143. The lowest BCUT2D eigenvalue weighted by atomic mass is 10.2. The number of hydrazine groups is 1. The highest BCUT2D eigenvalue weighted by Gasteiger charge is 2.50. The molecule has 34 heavy (non-hydrogen) atoms. The zero-order valence-electron chi connectivity index (χ0n) is 18.1. The first-order chi connectivity index (χ1) is 16.1. The van der Waals surface area contributed by atoms with Crippen molar-refractivity contribution < 1.29 is 32.7 Å². The molecule has 0 radical (unpaired) electrons. The van der Waals surface area contributed by atoms with Gasteiger partial charge in [-0.2, -0.15) is 0 Å². The van der Waals surface area contributed by atoms with Crippen molar-refractivity contribution in [2.75, 3.05) is 37.1 Å². The minimum Gasteiger partial charge on any atom is -0.476 e. The fourth-order valence-electron chi connectivity index (χ4n) is 3.40. The molecule has 0 aliphatic carbocycles. The third kappa shape index (κ3) is 5.32. The number of nitrogens with one attached hydrogen (secondary N) is 1. The Labute approximate surface area is 204 Å². The van der Waals surface area contributed by atoms with Crippen LogP contribution in [-0.4, -0.2) is 89.4 Å². The summed E-state index contributed by atoms with van der Waals surface area (Å²) in [7, 11) is -3.87. The van der Waals surface area contributed by atoms with Crippen molar-refractivity contribution in [3.05, 3.63) is 21.7 Å². The van der Waals surface area contributed by atoms with Gasteiger partial charge in [0.25, 0.3) is 11.8 Å². The fourth-order valence-corrected chi connectivity index (χ4v) is 5.74. The molecule has 2 aliphatic heterocycles. The summed E-state index contributed by atoms with van der Waals surface area (Å²) in [5, 5.41) is 19.6. The van der Waals surface area contributed by atoms with E-state index in [-0.39, 0.29) is 52.8 Å². The quantitative estimate of drug-likeness (QED) is 0.148. The van der Waals surface area contributed by atoms with E-state index in [9.17, 15) is 27.9 Å². The number of hydrogen-bond acceptors (Lipinski definition) is 11. The molecule has 13 nitrogen and oxygen atoms in total.